The molecule has 154 valence electrons. The van der Waals surface area contributed by atoms with Crippen LogP contribution in [0, 0.1) is 0 Å². The second-order valence-electron chi connectivity index (χ2n) is 6.61. The molecule has 0 bridgehead atoms. The van der Waals surface area contributed by atoms with Crippen LogP contribution in [0.1, 0.15) is 32.5 Å². The van der Waals surface area contributed by atoms with Crippen LogP contribution in [-0.4, -0.2) is 29.7 Å². The predicted octanol–water partition coefficient (Wildman–Crippen LogP) is 4.88. The molecule has 6 nitrogen and oxygen atoms in total. The Morgan fingerprint density at radius 2 is 1.70 bits per heavy atom. The number of anilines is 2. The number of benzene rings is 2. The molecule has 3 amide bonds. The molecule has 3 rings (SSSR count). The van der Waals surface area contributed by atoms with Gasteiger partial charge in [0.25, 0.3) is 11.8 Å². The molecule has 0 spiro atoms. The van der Waals surface area contributed by atoms with Crippen molar-refractivity contribution >= 4 is 52.0 Å². The maximum absolute atomic E-state index is 12.8. The summed E-state index contributed by atoms with van der Waals surface area (Å²) in [6.45, 7) is 1.86. The van der Waals surface area contributed by atoms with Gasteiger partial charge in [0.2, 0.25) is 5.91 Å². The molecular formula is C22H20ClN3O3S. The quantitative estimate of drug-likeness (QED) is 0.572. The molecule has 8 heteroatoms. The number of hydrogen-bond acceptors (Lipinski definition) is 4. The highest BCUT2D eigenvalue weighted by Crippen LogP contribution is 2.25. The normalized spacial score (nSPS) is 10.4. The topological polar surface area (TPSA) is 78.5 Å². The van der Waals surface area contributed by atoms with Crippen LogP contribution in [0.5, 0.6) is 0 Å². The summed E-state index contributed by atoms with van der Waals surface area (Å²) in [5.74, 6) is -0.710. The molecule has 30 heavy (non-hydrogen) atoms. The van der Waals surface area contributed by atoms with Gasteiger partial charge < -0.3 is 15.5 Å². The molecule has 1 heterocycles. The maximum atomic E-state index is 12.8. The number of amides is 3. The average molecular weight is 442 g/mol. The van der Waals surface area contributed by atoms with E-state index >= 15 is 0 Å². The minimum Gasteiger partial charge on any atom is -0.342 e. The van der Waals surface area contributed by atoms with Gasteiger partial charge in [-0.2, -0.15) is 0 Å². The van der Waals surface area contributed by atoms with Crippen LogP contribution in [0.15, 0.2) is 60.0 Å². The van der Waals surface area contributed by atoms with Gasteiger partial charge in [0.15, 0.2) is 0 Å². The number of halogens is 1. The predicted molar refractivity (Wildman–Crippen MR) is 120 cm³/mol. The van der Waals surface area contributed by atoms with E-state index in [1.165, 1.54) is 24.3 Å². The zero-order chi connectivity index (χ0) is 21.7. The van der Waals surface area contributed by atoms with Crippen molar-refractivity contribution in [3.05, 3.63) is 81.0 Å². The molecule has 3 aromatic rings. The Kier molecular flexibility index (Phi) is 6.87. The third kappa shape index (κ3) is 5.25. The van der Waals surface area contributed by atoms with Gasteiger partial charge in [-0.1, -0.05) is 35.9 Å². The number of rotatable bonds is 6. The van der Waals surface area contributed by atoms with Crippen molar-refractivity contribution in [1.29, 1.82) is 0 Å². The fraction of sp³-hybridized carbons (Fsp3) is 0.136. The van der Waals surface area contributed by atoms with E-state index in [-0.39, 0.29) is 17.7 Å². The van der Waals surface area contributed by atoms with Gasteiger partial charge in [-0.25, -0.2) is 0 Å². The Labute approximate surface area is 183 Å². The van der Waals surface area contributed by atoms with Gasteiger partial charge in [0.1, 0.15) is 0 Å². The fourth-order valence-corrected chi connectivity index (χ4v) is 3.48. The van der Waals surface area contributed by atoms with Gasteiger partial charge in [-0.3, -0.25) is 14.4 Å². The number of hydrogen-bond donors (Lipinski definition) is 2. The van der Waals surface area contributed by atoms with Gasteiger partial charge >= 0.3 is 0 Å². The van der Waals surface area contributed by atoms with Gasteiger partial charge in [-0.05, 0) is 41.3 Å². The molecule has 0 fully saturated rings. The molecular weight excluding hydrogens is 422 g/mol. The smallest absolute Gasteiger partial charge is 0.265 e. The van der Waals surface area contributed by atoms with Gasteiger partial charge in [0, 0.05) is 31.8 Å². The van der Waals surface area contributed by atoms with Crippen LogP contribution in [-0.2, 0) is 11.3 Å². The molecule has 2 N–H and O–H groups in total. The van der Waals surface area contributed by atoms with E-state index in [9.17, 15) is 14.4 Å². The summed E-state index contributed by atoms with van der Waals surface area (Å²) in [7, 11) is 1.70. The van der Waals surface area contributed by atoms with E-state index in [4.69, 9.17) is 11.6 Å². The summed E-state index contributed by atoms with van der Waals surface area (Å²) in [6.07, 6.45) is 0. The van der Waals surface area contributed by atoms with Crippen molar-refractivity contribution in [3.63, 3.8) is 0 Å². The first-order chi connectivity index (χ1) is 14.3. The van der Waals surface area contributed by atoms with Crippen molar-refractivity contribution in [2.24, 2.45) is 0 Å². The Morgan fingerprint density at radius 1 is 0.967 bits per heavy atom. The fourth-order valence-electron chi connectivity index (χ4n) is 2.70. The number of carbonyl (C=O) groups is 3. The van der Waals surface area contributed by atoms with Crippen molar-refractivity contribution < 1.29 is 14.4 Å². The van der Waals surface area contributed by atoms with E-state index in [2.05, 4.69) is 10.6 Å². The lowest BCUT2D eigenvalue weighted by atomic mass is 10.1. The van der Waals surface area contributed by atoms with E-state index in [0.29, 0.717) is 33.4 Å². The average Bonchev–Trinajstić information content (AvgIpc) is 3.26. The van der Waals surface area contributed by atoms with Crippen molar-refractivity contribution in [3.8, 4) is 0 Å². The Balaban J connectivity index is 1.78. The lowest BCUT2D eigenvalue weighted by Crippen LogP contribution is -2.24. The first-order valence-electron chi connectivity index (χ1n) is 9.10. The zero-order valence-corrected chi connectivity index (χ0v) is 18.0. The van der Waals surface area contributed by atoms with Crippen LogP contribution in [0.2, 0.25) is 5.02 Å². The molecule has 1 aromatic heterocycles. The summed E-state index contributed by atoms with van der Waals surface area (Å²) in [5.41, 5.74) is 2.11. The van der Waals surface area contributed by atoms with Crippen molar-refractivity contribution in [2.45, 2.75) is 13.5 Å². The van der Waals surface area contributed by atoms with E-state index in [1.807, 2.05) is 12.1 Å². The first kappa shape index (κ1) is 21.5. The highest BCUT2D eigenvalue weighted by atomic mass is 35.5. The van der Waals surface area contributed by atoms with E-state index < -0.39 is 0 Å². The Morgan fingerprint density at radius 3 is 2.40 bits per heavy atom. The molecule has 0 saturated carbocycles. The second-order valence-corrected chi connectivity index (χ2v) is 7.97. The van der Waals surface area contributed by atoms with E-state index in [0.717, 1.165) is 5.56 Å². The number of nitrogens with one attached hydrogen (secondary N) is 2. The molecule has 0 aliphatic heterocycles. The van der Waals surface area contributed by atoms with Gasteiger partial charge in [-0.15, -0.1) is 11.3 Å². The SMILES string of the molecule is CC(=O)N(C)Cc1ccccc1NC(=O)c1ccc(Cl)c(NC(=O)c2cccs2)c1. The molecule has 0 aliphatic carbocycles. The molecule has 2 aromatic carbocycles. The van der Waals surface area contributed by atoms with E-state index in [1.54, 1.807) is 53.7 Å². The lowest BCUT2D eigenvalue weighted by molar-refractivity contribution is -0.128. The van der Waals surface area contributed by atoms with Gasteiger partial charge in [0.05, 0.1) is 15.6 Å². The zero-order valence-electron chi connectivity index (χ0n) is 16.4. The van der Waals surface area contributed by atoms with Crippen LogP contribution >= 0.6 is 22.9 Å². The lowest BCUT2D eigenvalue weighted by Gasteiger charge is -2.18. The number of nitrogens with zero attached hydrogens (tertiary/aromatic N) is 1. The summed E-state index contributed by atoms with van der Waals surface area (Å²) in [6, 6.07) is 15.5. The third-order valence-corrected chi connectivity index (χ3v) is 5.63. The highest BCUT2D eigenvalue weighted by molar-refractivity contribution is 7.12. The van der Waals surface area contributed by atoms with Crippen LogP contribution < -0.4 is 10.6 Å². The summed E-state index contributed by atoms with van der Waals surface area (Å²) in [5, 5.41) is 7.75. The summed E-state index contributed by atoms with van der Waals surface area (Å²) < 4.78 is 0. The maximum Gasteiger partial charge on any atom is 0.265 e. The Hall–Kier alpha value is -3.16. The van der Waals surface area contributed by atoms with Crippen molar-refractivity contribution in [2.75, 3.05) is 17.7 Å². The standard InChI is InChI=1S/C22H20ClN3O3S/c1-14(27)26(2)13-16-6-3-4-7-18(16)24-21(28)15-9-10-17(23)19(12-15)25-22(29)20-8-5-11-30-20/h3-12H,13H2,1-2H3,(H,24,28)(H,25,29). The molecule has 0 aliphatic rings. The second kappa shape index (κ2) is 9.56. The molecule has 0 radical (unpaired) electrons. The third-order valence-electron chi connectivity index (χ3n) is 4.43. The first-order valence-corrected chi connectivity index (χ1v) is 10.4. The Bertz CT molecular complexity index is 1080. The molecule has 0 atom stereocenters. The number of para-hydroxylation sites is 1. The minimum atomic E-state index is -0.351. The summed E-state index contributed by atoms with van der Waals surface area (Å²) in [4.78, 5) is 38.8. The number of thiophene rings is 1. The monoisotopic (exact) mass is 441 g/mol. The molecule has 0 saturated heterocycles. The van der Waals surface area contributed by atoms with Crippen LogP contribution in [0.4, 0.5) is 11.4 Å². The van der Waals surface area contributed by atoms with Crippen LogP contribution in [0.3, 0.4) is 0 Å². The summed E-state index contributed by atoms with van der Waals surface area (Å²) >= 11 is 7.51. The largest absolute Gasteiger partial charge is 0.342 e. The minimum absolute atomic E-state index is 0.0695. The van der Waals surface area contributed by atoms with Crippen LogP contribution in [0.25, 0.3) is 0 Å². The highest BCUT2D eigenvalue weighted by Gasteiger charge is 2.15. The van der Waals surface area contributed by atoms with Crippen molar-refractivity contribution in [1.82, 2.24) is 4.90 Å². The number of carbonyl (C=O) groups excluding carboxylic acids is 3. The molecule has 0 unspecified atom stereocenters.